The smallest absolute Gasteiger partial charge is 0.376 e. The Kier molecular flexibility index (Phi) is 6.56. The number of aliphatic hydroxyl groups is 1. The number of rotatable bonds is 6. The van der Waals surface area contributed by atoms with Crippen molar-refractivity contribution in [1.82, 2.24) is 14.7 Å². The minimum Gasteiger partial charge on any atom is -0.376 e. The monoisotopic (exact) mass is 504 g/mol. The summed E-state index contributed by atoms with van der Waals surface area (Å²) >= 11 is 0. The topological polar surface area (TPSA) is 120 Å². The number of nitrogens with two attached hydrogens (primary N) is 1. The predicted octanol–water partition coefficient (Wildman–Crippen LogP) is 4.07. The quantitative estimate of drug-likeness (QED) is 0.546. The van der Waals surface area contributed by atoms with E-state index in [1.165, 1.54) is 18.3 Å². The molecule has 0 unspecified atom stereocenters. The van der Waals surface area contributed by atoms with E-state index < -0.39 is 17.7 Å². The predicted molar refractivity (Wildman–Crippen MR) is 127 cm³/mol. The summed E-state index contributed by atoms with van der Waals surface area (Å²) in [7, 11) is 0. The summed E-state index contributed by atoms with van der Waals surface area (Å²) in [4.78, 5) is 14.5. The van der Waals surface area contributed by atoms with E-state index in [1.54, 1.807) is 4.68 Å². The van der Waals surface area contributed by atoms with Crippen molar-refractivity contribution in [3.05, 3.63) is 41.6 Å². The lowest BCUT2D eigenvalue weighted by atomic mass is 9.77. The Morgan fingerprint density at radius 3 is 2.42 bits per heavy atom. The molecule has 11 heteroatoms. The van der Waals surface area contributed by atoms with Gasteiger partial charge in [-0.05, 0) is 49.3 Å². The molecule has 36 heavy (non-hydrogen) atoms. The number of hydrogen-bond donors (Lipinski definition) is 3. The second-order valence-corrected chi connectivity index (χ2v) is 10.8. The summed E-state index contributed by atoms with van der Waals surface area (Å²) in [6.07, 6.45) is -0.960. The number of alkyl halides is 3. The average Bonchev–Trinajstić information content (AvgIpc) is 3.20. The standard InChI is InChI=1S/C25H31F3N6O2/c1-23(2)13-33(14-23)18-8-9-20(15(10-18)11-29)34-12-19(21(30)35)22(32-34)31-17-6-4-16(5-7-17)24(3,36)25(26,27)28/h4-7,12,15,18,20,36H,8-10,13-14H2,1-3H3,(H2,30,35)(H,31,32)/t15-,18-,20+,24-/m1/s1. The lowest BCUT2D eigenvalue weighted by Crippen LogP contribution is -2.58. The highest BCUT2D eigenvalue weighted by Crippen LogP contribution is 2.41. The first-order valence-corrected chi connectivity index (χ1v) is 11.9. The van der Waals surface area contributed by atoms with Crippen LogP contribution in [0.4, 0.5) is 24.7 Å². The lowest BCUT2D eigenvalue weighted by Gasteiger charge is -2.52. The fraction of sp³-hybridized carbons (Fsp3) is 0.560. The van der Waals surface area contributed by atoms with E-state index >= 15 is 0 Å². The minimum absolute atomic E-state index is 0.115. The van der Waals surface area contributed by atoms with Gasteiger partial charge < -0.3 is 16.2 Å². The number of primary amides is 1. The molecule has 2 fully saturated rings. The van der Waals surface area contributed by atoms with Gasteiger partial charge in [0, 0.05) is 31.0 Å². The molecule has 1 saturated heterocycles. The molecule has 1 aliphatic carbocycles. The van der Waals surface area contributed by atoms with Gasteiger partial charge in [-0.15, -0.1) is 0 Å². The van der Waals surface area contributed by atoms with Gasteiger partial charge in [0.2, 0.25) is 0 Å². The molecule has 4 N–H and O–H groups in total. The van der Waals surface area contributed by atoms with E-state index in [2.05, 4.69) is 35.2 Å². The van der Waals surface area contributed by atoms with Crippen LogP contribution in [0, 0.1) is 22.7 Å². The van der Waals surface area contributed by atoms with Crippen LogP contribution in [-0.2, 0) is 5.60 Å². The highest BCUT2D eigenvalue weighted by atomic mass is 19.4. The number of hydrogen-bond acceptors (Lipinski definition) is 6. The van der Waals surface area contributed by atoms with Gasteiger partial charge in [0.25, 0.3) is 5.91 Å². The third-order valence-electron chi connectivity index (χ3n) is 7.33. The van der Waals surface area contributed by atoms with Crippen LogP contribution in [-0.4, -0.2) is 51.0 Å². The van der Waals surface area contributed by atoms with Crippen molar-refractivity contribution in [1.29, 1.82) is 5.26 Å². The van der Waals surface area contributed by atoms with Gasteiger partial charge in [0.15, 0.2) is 11.4 Å². The fourth-order valence-corrected chi connectivity index (χ4v) is 5.24. The number of nitrogens with zero attached hydrogens (tertiary/aromatic N) is 4. The number of anilines is 2. The fourth-order valence-electron chi connectivity index (χ4n) is 5.24. The van der Waals surface area contributed by atoms with Gasteiger partial charge in [0.05, 0.1) is 18.0 Å². The summed E-state index contributed by atoms with van der Waals surface area (Å²) in [5.74, 6) is -0.851. The average molecular weight is 505 g/mol. The number of carbonyl (C=O) groups excluding carboxylic acids is 1. The SMILES string of the molecule is CC1(C)CN([C@@H]2CC[C@H](n3cc(C(N)=O)c(Nc4ccc([C@@](C)(O)C(F)(F)F)cc4)n3)[C@@H](C#N)C2)C1. The lowest BCUT2D eigenvalue weighted by molar-refractivity contribution is -0.258. The number of amides is 1. The molecule has 4 rings (SSSR count). The van der Waals surface area contributed by atoms with Crippen molar-refractivity contribution in [3.8, 4) is 6.07 Å². The normalized spacial score (nSPS) is 25.9. The van der Waals surface area contributed by atoms with Crippen LogP contribution in [0.5, 0.6) is 0 Å². The van der Waals surface area contributed by atoms with Crippen LogP contribution in [0.3, 0.4) is 0 Å². The molecule has 8 nitrogen and oxygen atoms in total. The minimum atomic E-state index is -4.83. The summed E-state index contributed by atoms with van der Waals surface area (Å²) in [6.45, 7) is 7.17. The van der Waals surface area contributed by atoms with Gasteiger partial charge in [-0.3, -0.25) is 14.4 Å². The first-order chi connectivity index (χ1) is 16.7. The van der Waals surface area contributed by atoms with Crippen molar-refractivity contribution in [3.63, 3.8) is 0 Å². The Bertz CT molecular complexity index is 1160. The molecule has 2 aliphatic rings. The van der Waals surface area contributed by atoms with Crippen LogP contribution in [0.15, 0.2) is 30.5 Å². The largest absolute Gasteiger partial charge is 0.421 e. The van der Waals surface area contributed by atoms with Crippen molar-refractivity contribution in [2.75, 3.05) is 18.4 Å². The molecule has 194 valence electrons. The number of halogens is 3. The molecule has 1 saturated carbocycles. The molecule has 2 aromatic rings. The molecule has 4 atom stereocenters. The third kappa shape index (κ3) is 4.92. The summed E-state index contributed by atoms with van der Waals surface area (Å²) < 4.78 is 41.0. The highest BCUT2D eigenvalue weighted by Gasteiger charge is 2.51. The molecule has 0 radical (unpaired) electrons. The van der Waals surface area contributed by atoms with Crippen molar-refractivity contribution in [2.24, 2.45) is 17.1 Å². The number of carbonyl (C=O) groups is 1. The molecule has 0 bridgehead atoms. The molecule has 1 aromatic carbocycles. The zero-order valence-corrected chi connectivity index (χ0v) is 20.5. The van der Waals surface area contributed by atoms with E-state index in [9.17, 15) is 28.3 Å². The summed E-state index contributed by atoms with van der Waals surface area (Å²) in [5.41, 5.74) is 3.03. The molecule has 1 aromatic heterocycles. The first-order valence-electron chi connectivity index (χ1n) is 11.9. The number of benzene rings is 1. The first kappa shape index (κ1) is 26.0. The second-order valence-electron chi connectivity index (χ2n) is 10.8. The van der Waals surface area contributed by atoms with E-state index in [-0.39, 0.29) is 28.9 Å². The van der Waals surface area contributed by atoms with Crippen LogP contribution < -0.4 is 11.1 Å². The van der Waals surface area contributed by atoms with Crippen molar-refractivity contribution in [2.45, 2.75) is 63.9 Å². The summed E-state index contributed by atoms with van der Waals surface area (Å²) in [5, 5.41) is 27.2. The maximum atomic E-state index is 13.1. The zero-order chi connectivity index (χ0) is 26.5. The van der Waals surface area contributed by atoms with Crippen molar-refractivity contribution < 1.29 is 23.1 Å². The molecular weight excluding hydrogens is 473 g/mol. The molecule has 1 amide bonds. The number of aromatic nitrogens is 2. The van der Waals surface area contributed by atoms with Crippen LogP contribution in [0.25, 0.3) is 0 Å². The van der Waals surface area contributed by atoms with Crippen molar-refractivity contribution >= 4 is 17.4 Å². The van der Waals surface area contributed by atoms with E-state index in [4.69, 9.17) is 5.73 Å². The Morgan fingerprint density at radius 2 is 1.89 bits per heavy atom. The van der Waals surface area contributed by atoms with Gasteiger partial charge in [-0.25, -0.2) is 0 Å². The zero-order valence-electron chi connectivity index (χ0n) is 20.5. The Hall–Kier alpha value is -3.10. The molecule has 2 heterocycles. The second kappa shape index (κ2) is 9.09. The van der Waals surface area contributed by atoms with E-state index in [1.807, 2.05) is 0 Å². The van der Waals surface area contributed by atoms with Gasteiger partial charge in [0.1, 0.15) is 5.56 Å². The third-order valence-corrected chi connectivity index (χ3v) is 7.33. The maximum Gasteiger partial charge on any atom is 0.421 e. The van der Waals surface area contributed by atoms with Gasteiger partial charge >= 0.3 is 6.18 Å². The van der Waals surface area contributed by atoms with E-state index in [0.29, 0.717) is 30.5 Å². The number of nitrogens with one attached hydrogen (secondary N) is 1. The van der Waals surface area contributed by atoms with Gasteiger partial charge in [-0.1, -0.05) is 26.0 Å². The number of nitriles is 1. The van der Waals surface area contributed by atoms with Crippen LogP contribution in [0.1, 0.15) is 62.0 Å². The van der Waals surface area contributed by atoms with Crippen LogP contribution in [0.2, 0.25) is 0 Å². The van der Waals surface area contributed by atoms with Gasteiger partial charge in [-0.2, -0.15) is 23.5 Å². The Labute approximate surface area is 207 Å². The Morgan fingerprint density at radius 1 is 1.25 bits per heavy atom. The molecule has 0 spiro atoms. The Balaban J connectivity index is 1.51. The number of likely N-dealkylation sites (tertiary alicyclic amines) is 1. The highest BCUT2D eigenvalue weighted by molar-refractivity contribution is 5.98. The maximum absolute atomic E-state index is 13.1. The van der Waals surface area contributed by atoms with E-state index in [0.717, 1.165) is 38.1 Å². The summed E-state index contributed by atoms with van der Waals surface area (Å²) in [6, 6.07) is 7.55. The molecule has 1 aliphatic heterocycles. The molecular formula is C25H31F3N6O2. The van der Waals surface area contributed by atoms with Crippen LogP contribution >= 0.6 is 0 Å².